The molecule has 0 aromatic heterocycles. The van der Waals surface area contributed by atoms with Crippen LogP contribution in [0.4, 0.5) is 8.78 Å². The highest BCUT2D eigenvalue weighted by atomic mass is 32.2. The van der Waals surface area contributed by atoms with E-state index in [4.69, 9.17) is 0 Å². The first-order chi connectivity index (χ1) is 9.08. The Hall–Kier alpha value is -1.88. The van der Waals surface area contributed by atoms with Crippen molar-refractivity contribution in [1.82, 2.24) is 0 Å². The maximum absolute atomic E-state index is 13.5. The molecule has 98 valence electrons. The van der Waals surface area contributed by atoms with Crippen LogP contribution < -0.4 is 0 Å². The van der Waals surface area contributed by atoms with Gasteiger partial charge in [-0.15, -0.1) is 11.8 Å². The average Bonchev–Trinajstić information content (AvgIpc) is 2.38. The number of carbonyl (C=O) groups is 1. The van der Waals surface area contributed by atoms with E-state index in [1.807, 2.05) is 0 Å². The minimum Gasteiger partial charge on any atom is -0.480 e. The van der Waals surface area contributed by atoms with Crippen molar-refractivity contribution in [2.24, 2.45) is 0 Å². The molecule has 0 spiro atoms. The van der Waals surface area contributed by atoms with Crippen molar-refractivity contribution >= 4 is 17.7 Å². The van der Waals surface area contributed by atoms with Gasteiger partial charge in [0.15, 0.2) is 0 Å². The van der Waals surface area contributed by atoms with Crippen molar-refractivity contribution < 1.29 is 18.7 Å². The molecule has 0 heterocycles. The first-order valence-electron chi connectivity index (χ1n) is 5.47. The van der Waals surface area contributed by atoms with Gasteiger partial charge >= 0.3 is 5.97 Å². The van der Waals surface area contributed by atoms with Gasteiger partial charge in [-0.3, -0.25) is 4.79 Å². The van der Waals surface area contributed by atoms with Crippen molar-refractivity contribution in [1.29, 1.82) is 0 Å². The average molecular weight is 280 g/mol. The van der Waals surface area contributed by atoms with E-state index in [0.29, 0.717) is 5.56 Å². The summed E-state index contributed by atoms with van der Waals surface area (Å²) in [6.07, 6.45) is 0. The first kappa shape index (κ1) is 13.5. The van der Waals surface area contributed by atoms with Gasteiger partial charge in [0.1, 0.15) is 16.9 Å². The molecular formula is C14H10F2O2S. The summed E-state index contributed by atoms with van der Waals surface area (Å²) in [5.41, 5.74) is 0.559. The van der Waals surface area contributed by atoms with E-state index >= 15 is 0 Å². The maximum Gasteiger partial charge on any atom is 0.321 e. The summed E-state index contributed by atoms with van der Waals surface area (Å²) in [6, 6.07) is 11.6. The lowest BCUT2D eigenvalue weighted by molar-refractivity contribution is -0.136. The number of aliphatic carboxylic acids is 1. The molecule has 0 amide bonds. The van der Waals surface area contributed by atoms with Gasteiger partial charge in [0, 0.05) is 11.0 Å². The van der Waals surface area contributed by atoms with Gasteiger partial charge in [0.25, 0.3) is 0 Å². The van der Waals surface area contributed by atoms with Crippen LogP contribution in [0.25, 0.3) is 0 Å². The molecule has 0 fully saturated rings. The summed E-state index contributed by atoms with van der Waals surface area (Å²) in [5.74, 6) is -2.51. The van der Waals surface area contributed by atoms with Crippen LogP contribution in [0.1, 0.15) is 10.8 Å². The van der Waals surface area contributed by atoms with Crippen molar-refractivity contribution in [3.8, 4) is 0 Å². The molecule has 0 aliphatic carbocycles. The summed E-state index contributed by atoms with van der Waals surface area (Å²) in [6.45, 7) is 0. The van der Waals surface area contributed by atoms with Crippen molar-refractivity contribution in [2.45, 2.75) is 10.1 Å². The Morgan fingerprint density at radius 3 is 2.37 bits per heavy atom. The van der Waals surface area contributed by atoms with Crippen molar-refractivity contribution in [2.75, 3.05) is 0 Å². The van der Waals surface area contributed by atoms with Gasteiger partial charge < -0.3 is 5.11 Å². The smallest absolute Gasteiger partial charge is 0.321 e. The van der Waals surface area contributed by atoms with E-state index in [1.165, 1.54) is 6.07 Å². The van der Waals surface area contributed by atoms with Gasteiger partial charge in [-0.2, -0.15) is 0 Å². The number of hydrogen-bond acceptors (Lipinski definition) is 2. The van der Waals surface area contributed by atoms with E-state index in [-0.39, 0.29) is 4.90 Å². The summed E-state index contributed by atoms with van der Waals surface area (Å²) in [4.78, 5) is 11.4. The third-order valence-corrected chi connectivity index (χ3v) is 3.76. The van der Waals surface area contributed by atoms with Gasteiger partial charge in [-0.25, -0.2) is 8.78 Å². The fraction of sp³-hybridized carbons (Fsp3) is 0.0714. The monoisotopic (exact) mass is 280 g/mol. The molecule has 0 saturated carbocycles. The van der Waals surface area contributed by atoms with E-state index < -0.39 is 22.9 Å². The highest BCUT2D eigenvalue weighted by Crippen LogP contribution is 2.36. The molecule has 5 heteroatoms. The Bertz CT molecular complexity index is 587. The molecule has 1 atom stereocenters. The third kappa shape index (κ3) is 3.32. The Morgan fingerprint density at radius 1 is 1.11 bits per heavy atom. The number of rotatable bonds is 4. The molecule has 2 aromatic carbocycles. The molecule has 0 bridgehead atoms. The van der Waals surface area contributed by atoms with Crippen LogP contribution in [0.15, 0.2) is 53.4 Å². The van der Waals surface area contributed by atoms with Gasteiger partial charge in [0.05, 0.1) is 0 Å². The molecule has 0 saturated heterocycles. The van der Waals surface area contributed by atoms with Crippen LogP contribution >= 0.6 is 11.8 Å². The maximum atomic E-state index is 13.5. The van der Waals surface area contributed by atoms with Crippen LogP contribution in [0.5, 0.6) is 0 Å². The molecule has 2 rings (SSSR count). The highest BCUT2D eigenvalue weighted by Gasteiger charge is 2.22. The second-order valence-corrected chi connectivity index (χ2v) is 4.97. The van der Waals surface area contributed by atoms with Crippen LogP contribution in [-0.2, 0) is 4.79 Å². The molecule has 1 N–H and O–H groups in total. The third-order valence-electron chi connectivity index (χ3n) is 2.47. The van der Waals surface area contributed by atoms with Crippen LogP contribution in [-0.4, -0.2) is 11.1 Å². The molecule has 0 aliphatic rings. The van der Waals surface area contributed by atoms with Gasteiger partial charge in [0.2, 0.25) is 0 Å². The molecule has 2 aromatic rings. The van der Waals surface area contributed by atoms with E-state index in [9.17, 15) is 18.7 Å². The van der Waals surface area contributed by atoms with Gasteiger partial charge in [-0.1, -0.05) is 30.3 Å². The number of benzene rings is 2. The van der Waals surface area contributed by atoms with Crippen LogP contribution in [0, 0.1) is 11.6 Å². The van der Waals surface area contributed by atoms with Crippen LogP contribution in [0.2, 0.25) is 0 Å². The molecular weight excluding hydrogens is 270 g/mol. The minimum absolute atomic E-state index is 0.109. The fourth-order valence-corrected chi connectivity index (χ4v) is 2.55. The Morgan fingerprint density at radius 2 is 1.79 bits per heavy atom. The largest absolute Gasteiger partial charge is 0.480 e. The lowest BCUT2D eigenvalue weighted by atomic mass is 10.1. The number of halogens is 2. The Balaban J connectivity index is 2.29. The normalized spacial score (nSPS) is 12.1. The molecule has 0 radical (unpaired) electrons. The quantitative estimate of drug-likeness (QED) is 0.863. The Kier molecular flexibility index (Phi) is 4.16. The predicted octanol–water partition coefficient (Wildman–Crippen LogP) is 3.88. The first-order valence-corrected chi connectivity index (χ1v) is 6.35. The predicted molar refractivity (Wildman–Crippen MR) is 69.0 cm³/mol. The Labute approximate surface area is 113 Å². The lowest BCUT2D eigenvalue weighted by Crippen LogP contribution is -2.08. The van der Waals surface area contributed by atoms with E-state index in [2.05, 4.69) is 0 Å². The zero-order chi connectivity index (χ0) is 13.8. The summed E-state index contributed by atoms with van der Waals surface area (Å²) in [7, 11) is 0. The number of hydrogen-bond donors (Lipinski definition) is 1. The topological polar surface area (TPSA) is 37.3 Å². The zero-order valence-corrected chi connectivity index (χ0v) is 10.5. The standard InChI is InChI=1S/C14H10F2O2S/c15-10-6-7-12(11(16)8-10)19-13(14(17)18)9-4-2-1-3-5-9/h1-8,13H,(H,17,18)/t13-/m1/s1. The number of thioether (sulfide) groups is 1. The summed E-state index contributed by atoms with van der Waals surface area (Å²) < 4.78 is 26.3. The SMILES string of the molecule is O=C(O)[C@H](Sc1ccc(F)cc1F)c1ccccc1. The second kappa shape index (κ2) is 5.84. The molecule has 2 nitrogen and oxygen atoms in total. The van der Waals surface area contributed by atoms with E-state index in [1.54, 1.807) is 30.3 Å². The van der Waals surface area contributed by atoms with Crippen molar-refractivity contribution in [3.63, 3.8) is 0 Å². The fourth-order valence-electron chi connectivity index (χ4n) is 1.59. The van der Waals surface area contributed by atoms with Crippen molar-refractivity contribution in [3.05, 3.63) is 65.7 Å². The molecule has 0 aliphatic heterocycles. The van der Waals surface area contributed by atoms with E-state index in [0.717, 1.165) is 23.9 Å². The molecule has 0 unspecified atom stereocenters. The number of carboxylic acid groups (broad SMARTS) is 1. The van der Waals surface area contributed by atoms with Crippen LogP contribution in [0.3, 0.4) is 0 Å². The minimum atomic E-state index is -1.07. The zero-order valence-electron chi connectivity index (χ0n) is 9.72. The lowest BCUT2D eigenvalue weighted by Gasteiger charge is -2.12. The van der Waals surface area contributed by atoms with Gasteiger partial charge in [-0.05, 0) is 17.7 Å². The second-order valence-electron chi connectivity index (χ2n) is 3.82. The number of carboxylic acids is 1. The highest BCUT2D eigenvalue weighted by molar-refractivity contribution is 8.00. The summed E-state index contributed by atoms with van der Waals surface area (Å²) >= 11 is 0.844. The molecule has 19 heavy (non-hydrogen) atoms. The summed E-state index contributed by atoms with van der Waals surface area (Å²) in [5, 5.41) is 8.29.